The number of hydrogen-bond acceptors (Lipinski definition) is 3. The number of aromatic nitrogens is 3. The van der Waals surface area contributed by atoms with Gasteiger partial charge >= 0.3 is 0 Å². The van der Waals surface area contributed by atoms with Gasteiger partial charge in [-0.25, -0.2) is 0 Å². The van der Waals surface area contributed by atoms with Crippen LogP contribution in [-0.2, 0) is 19.5 Å². The Balaban J connectivity index is 1.89. The van der Waals surface area contributed by atoms with Crippen LogP contribution in [0.15, 0.2) is 36.5 Å². The molecule has 0 spiro atoms. The van der Waals surface area contributed by atoms with Crippen LogP contribution >= 0.6 is 0 Å². The molecule has 0 N–H and O–H groups in total. The molecular weight excluding hydrogens is 212 g/mol. The highest BCUT2D eigenvalue weighted by Gasteiger charge is 2.01. The quantitative estimate of drug-likeness (QED) is 0.782. The lowest BCUT2D eigenvalue weighted by atomic mass is 10.1. The van der Waals surface area contributed by atoms with Gasteiger partial charge in [-0.2, -0.15) is 0 Å². The number of aryl methyl sites for hydroxylation is 2. The lowest BCUT2D eigenvalue weighted by molar-refractivity contribution is 0.396. The van der Waals surface area contributed by atoms with E-state index in [0.29, 0.717) is 0 Å². The molecule has 0 fully saturated rings. The van der Waals surface area contributed by atoms with Crippen molar-refractivity contribution in [1.82, 2.24) is 19.9 Å². The normalized spacial score (nSPS) is 11.0. The largest absolute Gasteiger partial charge is 0.303 e. The fourth-order valence-electron chi connectivity index (χ4n) is 1.73. The average molecular weight is 230 g/mol. The van der Waals surface area contributed by atoms with Crippen LogP contribution in [0.2, 0.25) is 0 Å². The summed E-state index contributed by atoms with van der Waals surface area (Å²) in [5.74, 6) is 0. The van der Waals surface area contributed by atoms with Gasteiger partial charge in [0.1, 0.15) is 0 Å². The van der Waals surface area contributed by atoms with Gasteiger partial charge in [0.25, 0.3) is 0 Å². The molecule has 17 heavy (non-hydrogen) atoms. The van der Waals surface area contributed by atoms with E-state index in [-0.39, 0.29) is 0 Å². The Bertz CT molecular complexity index is 447. The second kappa shape index (κ2) is 5.59. The Hall–Kier alpha value is -1.68. The van der Waals surface area contributed by atoms with Crippen molar-refractivity contribution in [3.63, 3.8) is 0 Å². The molecule has 1 aromatic heterocycles. The van der Waals surface area contributed by atoms with Crippen LogP contribution in [-0.4, -0.2) is 34.0 Å². The van der Waals surface area contributed by atoms with Gasteiger partial charge in [-0.15, -0.1) is 5.10 Å². The zero-order chi connectivity index (χ0) is 12.1. The molecule has 0 saturated carbocycles. The van der Waals surface area contributed by atoms with Gasteiger partial charge in [-0.05, 0) is 26.1 Å². The van der Waals surface area contributed by atoms with E-state index in [9.17, 15) is 0 Å². The van der Waals surface area contributed by atoms with Gasteiger partial charge in [-0.3, -0.25) is 4.68 Å². The van der Waals surface area contributed by atoms with E-state index >= 15 is 0 Å². The zero-order valence-electron chi connectivity index (χ0n) is 10.4. The van der Waals surface area contributed by atoms with Crippen LogP contribution in [0.5, 0.6) is 0 Å². The fourth-order valence-corrected chi connectivity index (χ4v) is 1.73. The minimum Gasteiger partial charge on any atom is -0.303 e. The summed E-state index contributed by atoms with van der Waals surface area (Å²) in [6, 6.07) is 10.4. The SMILES string of the molecule is CN(C)Cc1cn(CCc2ccccc2)nn1. The number of benzene rings is 1. The van der Waals surface area contributed by atoms with Crippen molar-refractivity contribution in [1.29, 1.82) is 0 Å². The maximum atomic E-state index is 4.14. The smallest absolute Gasteiger partial charge is 0.0966 e. The van der Waals surface area contributed by atoms with Crippen molar-refractivity contribution >= 4 is 0 Å². The van der Waals surface area contributed by atoms with Crippen molar-refractivity contribution in [3.05, 3.63) is 47.8 Å². The Morgan fingerprint density at radius 1 is 1.18 bits per heavy atom. The van der Waals surface area contributed by atoms with E-state index in [2.05, 4.69) is 39.5 Å². The van der Waals surface area contributed by atoms with Gasteiger partial charge < -0.3 is 4.90 Å². The fraction of sp³-hybridized carbons (Fsp3) is 0.385. The summed E-state index contributed by atoms with van der Waals surface area (Å²) in [6.45, 7) is 1.72. The molecule has 0 aliphatic carbocycles. The molecule has 0 aliphatic rings. The molecule has 0 bridgehead atoms. The van der Waals surface area contributed by atoms with Gasteiger partial charge in [0, 0.05) is 19.3 Å². The highest BCUT2D eigenvalue weighted by Crippen LogP contribution is 2.02. The van der Waals surface area contributed by atoms with E-state index in [1.165, 1.54) is 5.56 Å². The van der Waals surface area contributed by atoms with Crippen LogP contribution in [0.4, 0.5) is 0 Å². The number of nitrogens with zero attached hydrogens (tertiary/aromatic N) is 4. The summed E-state index contributed by atoms with van der Waals surface area (Å²) < 4.78 is 1.91. The predicted octanol–water partition coefficient (Wildman–Crippen LogP) is 1.58. The maximum Gasteiger partial charge on any atom is 0.0966 e. The van der Waals surface area contributed by atoms with E-state index in [1.54, 1.807) is 0 Å². The van der Waals surface area contributed by atoms with Crippen LogP contribution in [0.1, 0.15) is 11.3 Å². The molecule has 0 radical (unpaired) electrons. The molecule has 0 amide bonds. The van der Waals surface area contributed by atoms with Crippen molar-refractivity contribution in [2.45, 2.75) is 19.5 Å². The topological polar surface area (TPSA) is 34.0 Å². The van der Waals surface area contributed by atoms with E-state index in [4.69, 9.17) is 0 Å². The molecule has 2 rings (SSSR count). The first-order valence-corrected chi connectivity index (χ1v) is 5.82. The van der Waals surface area contributed by atoms with Crippen LogP contribution in [0, 0.1) is 0 Å². The third-order valence-corrected chi connectivity index (χ3v) is 2.54. The minimum absolute atomic E-state index is 0.839. The second-order valence-electron chi connectivity index (χ2n) is 4.45. The first-order valence-electron chi connectivity index (χ1n) is 5.82. The van der Waals surface area contributed by atoms with Gasteiger partial charge in [0.2, 0.25) is 0 Å². The van der Waals surface area contributed by atoms with E-state index in [0.717, 1.165) is 25.2 Å². The van der Waals surface area contributed by atoms with Crippen molar-refractivity contribution in [3.8, 4) is 0 Å². The summed E-state index contributed by atoms with van der Waals surface area (Å²) in [4.78, 5) is 2.09. The third kappa shape index (κ3) is 3.67. The van der Waals surface area contributed by atoms with Gasteiger partial charge in [0.05, 0.1) is 5.69 Å². The molecule has 0 saturated heterocycles. The summed E-state index contributed by atoms with van der Waals surface area (Å²) in [7, 11) is 4.06. The highest BCUT2D eigenvalue weighted by molar-refractivity contribution is 5.14. The molecule has 2 aromatic rings. The van der Waals surface area contributed by atoms with E-state index < -0.39 is 0 Å². The van der Waals surface area contributed by atoms with Crippen molar-refractivity contribution in [2.24, 2.45) is 0 Å². The molecule has 4 nitrogen and oxygen atoms in total. The lowest BCUT2D eigenvalue weighted by Gasteiger charge is -2.04. The monoisotopic (exact) mass is 230 g/mol. The van der Waals surface area contributed by atoms with E-state index in [1.807, 2.05) is 31.0 Å². The molecule has 1 aromatic carbocycles. The molecule has 4 heteroatoms. The first kappa shape index (κ1) is 11.8. The Morgan fingerprint density at radius 3 is 2.65 bits per heavy atom. The molecule has 1 heterocycles. The number of rotatable bonds is 5. The van der Waals surface area contributed by atoms with Gasteiger partial charge in [0.15, 0.2) is 0 Å². The molecular formula is C13H18N4. The lowest BCUT2D eigenvalue weighted by Crippen LogP contribution is -2.10. The highest BCUT2D eigenvalue weighted by atomic mass is 15.4. The summed E-state index contributed by atoms with van der Waals surface area (Å²) >= 11 is 0. The Labute approximate surface area is 102 Å². The summed E-state index contributed by atoms with van der Waals surface area (Å²) in [5, 5.41) is 8.26. The van der Waals surface area contributed by atoms with Crippen LogP contribution in [0.25, 0.3) is 0 Å². The standard InChI is InChI=1S/C13H18N4/c1-16(2)10-13-11-17(15-14-13)9-8-12-6-4-3-5-7-12/h3-7,11H,8-10H2,1-2H3. The minimum atomic E-state index is 0.839. The maximum absolute atomic E-state index is 4.14. The first-order chi connectivity index (χ1) is 8.24. The third-order valence-electron chi connectivity index (χ3n) is 2.54. The molecule has 0 atom stereocenters. The van der Waals surface area contributed by atoms with Crippen molar-refractivity contribution in [2.75, 3.05) is 14.1 Å². The zero-order valence-corrected chi connectivity index (χ0v) is 10.4. The van der Waals surface area contributed by atoms with Crippen LogP contribution < -0.4 is 0 Å². The summed E-state index contributed by atoms with van der Waals surface area (Å²) in [6.07, 6.45) is 3.01. The Morgan fingerprint density at radius 2 is 1.94 bits per heavy atom. The number of hydrogen-bond donors (Lipinski definition) is 0. The predicted molar refractivity (Wildman–Crippen MR) is 67.6 cm³/mol. The van der Waals surface area contributed by atoms with Gasteiger partial charge in [-0.1, -0.05) is 35.5 Å². The summed E-state index contributed by atoms with van der Waals surface area (Å²) in [5.41, 5.74) is 2.35. The average Bonchev–Trinajstić information content (AvgIpc) is 2.75. The Kier molecular flexibility index (Phi) is 3.88. The molecule has 0 aliphatic heterocycles. The van der Waals surface area contributed by atoms with Crippen molar-refractivity contribution < 1.29 is 0 Å². The second-order valence-corrected chi connectivity index (χ2v) is 4.45. The molecule has 0 unspecified atom stereocenters. The molecule has 90 valence electrons. The van der Waals surface area contributed by atoms with Crippen LogP contribution in [0.3, 0.4) is 0 Å².